The molecule has 0 heterocycles. The van der Waals surface area contributed by atoms with E-state index < -0.39 is 9.84 Å². The normalized spacial score (nSPS) is 12.2. The first-order valence-corrected chi connectivity index (χ1v) is 10.3. The molecule has 0 bridgehead atoms. The van der Waals surface area contributed by atoms with Gasteiger partial charge < -0.3 is 5.11 Å². The Hall–Kier alpha value is -3.37. The van der Waals surface area contributed by atoms with E-state index in [1.165, 1.54) is 6.07 Å². The highest BCUT2D eigenvalue weighted by atomic mass is 32.2. The minimum atomic E-state index is -3.87. The van der Waals surface area contributed by atoms with Gasteiger partial charge in [0.25, 0.3) is 0 Å². The number of phenolic OH excluding ortho intramolecular Hbond substituents is 1. The lowest BCUT2D eigenvalue weighted by Crippen LogP contribution is -2.05. The molecule has 138 valence electrons. The number of fused-ring (bicyclic) bond motifs is 1. The van der Waals surface area contributed by atoms with Crippen molar-refractivity contribution in [3.8, 4) is 5.75 Å². The monoisotopic (exact) mass is 386 g/mol. The van der Waals surface area contributed by atoms with Crippen LogP contribution in [0.5, 0.6) is 5.75 Å². The number of sulfone groups is 1. The van der Waals surface area contributed by atoms with Crippen molar-refractivity contribution >= 4 is 31.6 Å². The average Bonchev–Trinajstić information content (AvgIpc) is 2.74. The fourth-order valence-corrected chi connectivity index (χ4v) is 4.77. The number of hydrogen-bond acceptors (Lipinski definition) is 3. The quantitative estimate of drug-likeness (QED) is 0.470. The summed E-state index contributed by atoms with van der Waals surface area (Å²) in [7, 11) is -3.87. The zero-order chi connectivity index (χ0) is 19.6. The largest absolute Gasteiger partial charge is 0.507 e. The highest BCUT2D eigenvalue weighted by molar-refractivity contribution is 8.01. The van der Waals surface area contributed by atoms with E-state index in [0.29, 0.717) is 10.9 Å². The van der Waals surface area contributed by atoms with Gasteiger partial charge in [-0.25, -0.2) is 8.42 Å². The van der Waals surface area contributed by atoms with E-state index in [1.54, 1.807) is 42.5 Å². The van der Waals surface area contributed by atoms with Crippen molar-refractivity contribution < 1.29 is 13.5 Å². The molecule has 0 aromatic heterocycles. The van der Waals surface area contributed by atoms with Crippen molar-refractivity contribution in [2.24, 2.45) is 0 Å². The minimum absolute atomic E-state index is 0.0687. The summed E-state index contributed by atoms with van der Waals surface area (Å²) >= 11 is 0. The van der Waals surface area contributed by atoms with Crippen LogP contribution in [0, 0.1) is 0 Å². The van der Waals surface area contributed by atoms with Crippen LogP contribution in [0.4, 0.5) is 0 Å². The Balaban J connectivity index is 2.07. The first kappa shape index (κ1) is 18.0. The van der Waals surface area contributed by atoms with Gasteiger partial charge in [0, 0.05) is 5.56 Å². The highest BCUT2D eigenvalue weighted by Gasteiger charge is 2.26. The second kappa shape index (κ2) is 7.33. The van der Waals surface area contributed by atoms with Gasteiger partial charge in [-0.15, -0.1) is 0 Å². The van der Waals surface area contributed by atoms with Gasteiger partial charge in [-0.05, 0) is 40.6 Å². The van der Waals surface area contributed by atoms with Gasteiger partial charge in [0.1, 0.15) is 5.75 Å². The van der Waals surface area contributed by atoms with Crippen LogP contribution in [0.25, 0.3) is 21.8 Å². The van der Waals surface area contributed by atoms with Crippen molar-refractivity contribution in [2.45, 2.75) is 4.90 Å². The molecule has 0 saturated heterocycles. The third-order valence-corrected chi connectivity index (χ3v) is 6.39. The summed E-state index contributed by atoms with van der Waals surface area (Å²) < 4.78 is 27.1. The van der Waals surface area contributed by atoms with E-state index in [-0.39, 0.29) is 15.6 Å². The maximum absolute atomic E-state index is 13.6. The maximum Gasteiger partial charge on any atom is 0.207 e. The zero-order valence-electron chi connectivity index (χ0n) is 15.0. The van der Waals surface area contributed by atoms with E-state index in [1.807, 2.05) is 54.6 Å². The minimum Gasteiger partial charge on any atom is -0.507 e. The van der Waals surface area contributed by atoms with Gasteiger partial charge in [0.05, 0.1) is 9.80 Å². The lowest BCUT2D eigenvalue weighted by atomic mass is 10.0. The van der Waals surface area contributed by atoms with Crippen molar-refractivity contribution in [2.75, 3.05) is 0 Å². The Kier molecular flexibility index (Phi) is 4.72. The second-order valence-corrected chi connectivity index (χ2v) is 8.33. The molecule has 28 heavy (non-hydrogen) atoms. The van der Waals surface area contributed by atoms with E-state index in [4.69, 9.17) is 0 Å². The van der Waals surface area contributed by atoms with Crippen LogP contribution in [0.2, 0.25) is 0 Å². The number of aromatic hydroxyl groups is 1. The van der Waals surface area contributed by atoms with E-state index >= 15 is 0 Å². The first-order valence-electron chi connectivity index (χ1n) is 8.85. The van der Waals surface area contributed by atoms with Crippen molar-refractivity contribution in [3.63, 3.8) is 0 Å². The number of phenols is 1. The summed E-state index contributed by atoms with van der Waals surface area (Å²) in [6.07, 6.45) is 1.61. The molecule has 0 amide bonds. The predicted octanol–water partition coefficient (Wildman–Crippen LogP) is 5.52. The maximum atomic E-state index is 13.6. The summed E-state index contributed by atoms with van der Waals surface area (Å²) in [5.41, 5.74) is 1.05. The Morgan fingerprint density at radius 2 is 1.32 bits per heavy atom. The van der Waals surface area contributed by atoms with Crippen molar-refractivity contribution in [1.82, 2.24) is 0 Å². The van der Waals surface area contributed by atoms with Crippen LogP contribution < -0.4 is 0 Å². The molecule has 0 aliphatic carbocycles. The smallest absolute Gasteiger partial charge is 0.207 e. The molecular formula is C24H18O3S. The van der Waals surface area contributed by atoms with E-state index in [2.05, 4.69) is 0 Å². The Morgan fingerprint density at radius 1 is 0.714 bits per heavy atom. The summed E-state index contributed by atoms with van der Waals surface area (Å²) in [6.45, 7) is 0. The zero-order valence-corrected chi connectivity index (χ0v) is 15.8. The van der Waals surface area contributed by atoms with Crippen LogP contribution in [0.3, 0.4) is 0 Å². The van der Waals surface area contributed by atoms with Crippen LogP contribution in [-0.4, -0.2) is 13.5 Å². The van der Waals surface area contributed by atoms with E-state index in [0.717, 1.165) is 10.9 Å². The molecule has 4 aromatic rings. The van der Waals surface area contributed by atoms with Crippen LogP contribution in [0.15, 0.2) is 102 Å². The third kappa shape index (κ3) is 3.30. The van der Waals surface area contributed by atoms with E-state index in [9.17, 15) is 13.5 Å². The lowest BCUT2D eigenvalue weighted by molar-refractivity contribution is 0.474. The Labute approximate surface area is 164 Å². The standard InChI is InChI=1S/C24H18O3S/c25-22-16-15-19-11-7-8-14-21(19)24(22)23(17-18-9-3-1-4-10-18)28(26,27)20-12-5-2-6-13-20/h1-17,25H/b23-17+. The number of benzene rings is 4. The molecule has 4 rings (SSSR count). The molecule has 0 saturated carbocycles. The second-order valence-electron chi connectivity index (χ2n) is 6.42. The summed E-state index contributed by atoms with van der Waals surface area (Å²) in [4.78, 5) is 0.253. The lowest BCUT2D eigenvalue weighted by Gasteiger charge is -2.14. The van der Waals surface area contributed by atoms with Crippen LogP contribution >= 0.6 is 0 Å². The summed E-state index contributed by atoms with van der Waals surface area (Å²) in [6, 6.07) is 28.3. The Morgan fingerprint density at radius 3 is 2.04 bits per heavy atom. The fourth-order valence-electron chi connectivity index (χ4n) is 3.23. The average molecular weight is 386 g/mol. The molecule has 3 nitrogen and oxygen atoms in total. The number of hydrogen-bond donors (Lipinski definition) is 1. The van der Waals surface area contributed by atoms with Crippen LogP contribution in [0.1, 0.15) is 11.1 Å². The molecule has 4 aromatic carbocycles. The van der Waals surface area contributed by atoms with Gasteiger partial charge >= 0.3 is 0 Å². The van der Waals surface area contributed by atoms with Gasteiger partial charge in [-0.1, -0.05) is 78.9 Å². The van der Waals surface area contributed by atoms with Gasteiger partial charge in [0.15, 0.2) is 0 Å². The highest BCUT2D eigenvalue weighted by Crippen LogP contribution is 2.39. The molecule has 4 heteroatoms. The molecule has 0 unspecified atom stereocenters. The van der Waals surface area contributed by atoms with Crippen molar-refractivity contribution in [1.29, 1.82) is 0 Å². The molecule has 0 aliphatic heterocycles. The number of rotatable bonds is 4. The molecule has 0 aliphatic rings. The van der Waals surface area contributed by atoms with Crippen LogP contribution in [-0.2, 0) is 9.84 Å². The van der Waals surface area contributed by atoms with Crippen molar-refractivity contribution in [3.05, 3.63) is 108 Å². The molecule has 1 N–H and O–H groups in total. The molecular weight excluding hydrogens is 368 g/mol. The SMILES string of the molecule is O=S(=O)(/C(=C/c1ccccc1)c1c(O)ccc2ccccc12)c1ccccc1. The molecule has 0 spiro atoms. The topological polar surface area (TPSA) is 54.4 Å². The first-order chi connectivity index (χ1) is 13.6. The van der Waals surface area contributed by atoms with Gasteiger partial charge in [-0.3, -0.25) is 0 Å². The third-order valence-electron chi connectivity index (χ3n) is 4.59. The predicted molar refractivity (Wildman–Crippen MR) is 114 cm³/mol. The fraction of sp³-hybridized carbons (Fsp3) is 0. The Bertz CT molecular complexity index is 1260. The summed E-state index contributed by atoms with van der Waals surface area (Å²) in [5.74, 6) is -0.0691. The molecule has 0 atom stereocenters. The molecule has 0 radical (unpaired) electrons. The van der Waals surface area contributed by atoms with Gasteiger partial charge in [-0.2, -0.15) is 0 Å². The summed E-state index contributed by atoms with van der Waals surface area (Å²) in [5, 5.41) is 12.2. The van der Waals surface area contributed by atoms with Gasteiger partial charge in [0.2, 0.25) is 9.84 Å². The molecule has 0 fully saturated rings.